The van der Waals surface area contributed by atoms with Crippen LogP contribution in [-0.4, -0.2) is 59.8 Å². The molecule has 0 amide bonds. The maximum Gasteiger partial charge on any atom is 0.269 e. The van der Waals surface area contributed by atoms with Gasteiger partial charge in [0.05, 0.1) is 40.6 Å². The summed E-state index contributed by atoms with van der Waals surface area (Å²) in [7, 11) is -3.61. The average Bonchev–Trinajstić information content (AvgIpc) is 3.35. The van der Waals surface area contributed by atoms with E-state index >= 15 is 0 Å². The first kappa shape index (κ1) is 25.6. The van der Waals surface area contributed by atoms with Crippen molar-refractivity contribution in [1.29, 1.82) is 0 Å². The summed E-state index contributed by atoms with van der Waals surface area (Å²) >= 11 is 1.34. The van der Waals surface area contributed by atoms with Gasteiger partial charge in [0.2, 0.25) is 14.8 Å². The number of benzene rings is 2. The van der Waals surface area contributed by atoms with Crippen molar-refractivity contribution in [3.8, 4) is 11.3 Å². The van der Waals surface area contributed by atoms with Crippen molar-refractivity contribution >= 4 is 38.9 Å². The van der Waals surface area contributed by atoms with Crippen LogP contribution < -0.4 is 4.80 Å². The Kier molecular flexibility index (Phi) is 7.51. The molecule has 1 aliphatic rings. The maximum atomic E-state index is 12.9. The number of morpholine rings is 1. The van der Waals surface area contributed by atoms with E-state index in [4.69, 9.17) is 9.73 Å². The molecule has 5 rings (SSSR count). The highest BCUT2D eigenvalue weighted by Gasteiger charge is 2.26. The Bertz CT molecular complexity index is 1620. The number of pyridine rings is 1. The highest BCUT2D eigenvalue weighted by atomic mass is 32.2. The number of ether oxygens (including phenoxy) is 1. The van der Waals surface area contributed by atoms with Crippen LogP contribution in [0.15, 0.2) is 93.4 Å². The van der Waals surface area contributed by atoms with Gasteiger partial charge in [0.1, 0.15) is 0 Å². The summed E-state index contributed by atoms with van der Waals surface area (Å²) in [6, 6.07) is 16.2. The van der Waals surface area contributed by atoms with Gasteiger partial charge in [0.25, 0.3) is 5.69 Å². The normalized spacial score (nSPS) is 15.2. The Morgan fingerprint density at radius 1 is 1.00 bits per heavy atom. The molecule has 0 bridgehead atoms. The molecule has 0 atom stereocenters. The Balaban J connectivity index is 1.51. The van der Waals surface area contributed by atoms with E-state index in [0.717, 1.165) is 11.1 Å². The second-order valence-corrected chi connectivity index (χ2v) is 10.9. The maximum absolute atomic E-state index is 12.9. The van der Waals surface area contributed by atoms with E-state index in [1.807, 2.05) is 17.5 Å². The summed E-state index contributed by atoms with van der Waals surface area (Å²) in [4.78, 5) is 20.1. The number of aromatic nitrogens is 2. The van der Waals surface area contributed by atoms with Crippen LogP contribution >= 0.6 is 11.3 Å². The Labute approximate surface area is 222 Å². The monoisotopic (exact) mass is 550 g/mol. The first-order valence-corrected chi connectivity index (χ1v) is 13.9. The molecule has 0 unspecified atom stereocenters. The van der Waals surface area contributed by atoms with Crippen LogP contribution in [0.5, 0.6) is 0 Å². The van der Waals surface area contributed by atoms with Crippen LogP contribution in [-0.2, 0) is 14.8 Å². The zero-order valence-electron chi connectivity index (χ0n) is 20.0. The van der Waals surface area contributed by atoms with E-state index in [1.165, 1.54) is 27.8 Å². The molecule has 13 heteroatoms. The minimum absolute atomic E-state index is 0.00662. The summed E-state index contributed by atoms with van der Waals surface area (Å²) < 4.78 is 34.2. The quantitative estimate of drug-likeness (QED) is 0.196. The molecule has 11 nitrogen and oxygen atoms in total. The van der Waals surface area contributed by atoms with E-state index in [1.54, 1.807) is 59.7 Å². The molecule has 38 heavy (non-hydrogen) atoms. The predicted molar refractivity (Wildman–Crippen MR) is 143 cm³/mol. The van der Waals surface area contributed by atoms with Crippen molar-refractivity contribution in [2.75, 3.05) is 26.3 Å². The SMILES string of the molecule is O=[N+]([O-])c1ccc(-c2csc(=Nc3ccc(S(=O)(=O)N4CCOCC4)cc3)n2N=Cc2ccncc2)cc1. The van der Waals surface area contributed by atoms with Gasteiger partial charge in [0, 0.05) is 48.6 Å². The topological polar surface area (TPSA) is 132 Å². The van der Waals surface area contributed by atoms with Crippen LogP contribution in [0.4, 0.5) is 11.4 Å². The smallest absolute Gasteiger partial charge is 0.269 e. The predicted octanol–water partition coefficient (Wildman–Crippen LogP) is 3.66. The molecule has 0 radical (unpaired) electrons. The van der Waals surface area contributed by atoms with Gasteiger partial charge in [-0.1, -0.05) is 0 Å². The number of rotatable bonds is 7. The highest BCUT2D eigenvalue weighted by Crippen LogP contribution is 2.24. The van der Waals surface area contributed by atoms with Gasteiger partial charge in [-0.2, -0.15) is 9.41 Å². The van der Waals surface area contributed by atoms with Crippen molar-refractivity contribution in [2.45, 2.75) is 4.90 Å². The number of nitrogens with zero attached hydrogens (tertiary/aromatic N) is 6. The molecule has 0 spiro atoms. The minimum Gasteiger partial charge on any atom is -0.379 e. The zero-order valence-corrected chi connectivity index (χ0v) is 21.6. The fraction of sp³-hybridized carbons (Fsp3) is 0.160. The fourth-order valence-electron chi connectivity index (χ4n) is 3.75. The highest BCUT2D eigenvalue weighted by molar-refractivity contribution is 7.89. The second kappa shape index (κ2) is 11.1. The standard InChI is InChI=1S/C25H22N6O5S2/c32-31(33)22-5-1-20(2-6-22)24-18-37-25(30(24)27-17-19-9-11-26-12-10-19)28-21-3-7-23(8-4-21)38(34,35)29-13-15-36-16-14-29/h1-12,17-18H,13-16H2. The molecule has 2 aromatic carbocycles. The third-order valence-corrected chi connectivity index (χ3v) is 8.49. The van der Waals surface area contributed by atoms with Gasteiger partial charge < -0.3 is 4.74 Å². The summed E-state index contributed by atoms with van der Waals surface area (Å²) in [6.07, 6.45) is 4.99. The van der Waals surface area contributed by atoms with Crippen molar-refractivity contribution in [2.24, 2.45) is 10.1 Å². The van der Waals surface area contributed by atoms with Crippen LogP contribution in [0.25, 0.3) is 11.3 Å². The Morgan fingerprint density at radius 3 is 2.34 bits per heavy atom. The lowest BCUT2D eigenvalue weighted by Crippen LogP contribution is -2.40. The lowest BCUT2D eigenvalue weighted by atomic mass is 10.1. The Hall–Kier alpha value is -4.04. The molecular formula is C25H22N6O5S2. The molecule has 0 N–H and O–H groups in total. The van der Waals surface area contributed by atoms with Crippen molar-refractivity contribution in [3.05, 3.63) is 98.9 Å². The Morgan fingerprint density at radius 2 is 1.68 bits per heavy atom. The number of thiazole rings is 1. The lowest BCUT2D eigenvalue weighted by Gasteiger charge is -2.26. The molecule has 2 aromatic heterocycles. The largest absolute Gasteiger partial charge is 0.379 e. The average molecular weight is 551 g/mol. The molecule has 0 aliphatic carbocycles. The van der Waals surface area contributed by atoms with E-state index in [9.17, 15) is 18.5 Å². The number of hydrogen-bond donors (Lipinski definition) is 0. The van der Waals surface area contributed by atoms with E-state index < -0.39 is 14.9 Å². The van der Waals surface area contributed by atoms with Gasteiger partial charge in [-0.15, -0.1) is 11.3 Å². The third-order valence-electron chi connectivity index (χ3n) is 5.76. The lowest BCUT2D eigenvalue weighted by molar-refractivity contribution is -0.384. The molecule has 1 aliphatic heterocycles. The minimum atomic E-state index is -3.61. The van der Waals surface area contributed by atoms with Gasteiger partial charge >= 0.3 is 0 Å². The van der Waals surface area contributed by atoms with E-state index in [-0.39, 0.29) is 10.6 Å². The van der Waals surface area contributed by atoms with Crippen LogP contribution in [0.1, 0.15) is 5.56 Å². The van der Waals surface area contributed by atoms with E-state index in [2.05, 4.69) is 10.1 Å². The number of nitro groups is 1. The fourth-order valence-corrected chi connectivity index (χ4v) is 6.02. The van der Waals surface area contributed by atoms with Crippen molar-refractivity contribution in [3.63, 3.8) is 0 Å². The number of hydrogen-bond acceptors (Lipinski definition) is 9. The number of non-ortho nitro benzene ring substituents is 1. The van der Waals surface area contributed by atoms with Crippen LogP contribution in [0.2, 0.25) is 0 Å². The number of sulfonamides is 1. The molecule has 194 valence electrons. The van der Waals surface area contributed by atoms with Gasteiger partial charge in [-0.25, -0.2) is 18.1 Å². The second-order valence-electron chi connectivity index (χ2n) is 8.17. The van der Waals surface area contributed by atoms with Crippen LogP contribution in [0.3, 0.4) is 0 Å². The molecule has 3 heterocycles. The van der Waals surface area contributed by atoms with Crippen LogP contribution in [0, 0.1) is 10.1 Å². The van der Waals surface area contributed by atoms with E-state index in [0.29, 0.717) is 42.5 Å². The molecule has 1 saturated heterocycles. The molecule has 1 fully saturated rings. The first-order valence-electron chi connectivity index (χ1n) is 11.5. The van der Waals surface area contributed by atoms with Crippen molar-refractivity contribution < 1.29 is 18.1 Å². The molecular weight excluding hydrogens is 528 g/mol. The van der Waals surface area contributed by atoms with Gasteiger partial charge in [-0.3, -0.25) is 15.1 Å². The molecule has 0 saturated carbocycles. The van der Waals surface area contributed by atoms with Gasteiger partial charge in [0.15, 0.2) is 0 Å². The first-order chi connectivity index (χ1) is 18.4. The van der Waals surface area contributed by atoms with Gasteiger partial charge in [-0.05, 0) is 54.1 Å². The zero-order chi connectivity index (χ0) is 26.5. The van der Waals surface area contributed by atoms with Crippen molar-refractivity contribution in [1.82, 2.24) is 14.0 Å². The summed E-state index contributed by atoms with van der Waals surface area (Å²) in [6.45, 7) is 1.40. The summed E-state index contributed by atoms with van der Waals surface area (Å²) in [5, 5.41) is 17.6. The summed E-state index contributed by atoms with van der Waals surface area (Å²) in [5.41, 5.74) is 2.80. The molecule has 4 aromatic rings. The third kappa shape index (κ3) is 5.60. The summed E-state index contributed by atoms with van der Waals surface area (Å²) in [5.74, 6) is 0. The number of nitro benzene ring substituents is 1.